The van der Waals surface area contributed by atoms with Crippen LogP contribution in [-0.4, -0.2) is 0 Å². The maximum atomic E-state index is 5.76. The average molecular weight is 762 g/mol. The van der Waals surface area contributed by atoms with Crippen molar-refractivity contribution < 1.29 is 30.0 Å². The number of alkyl halides is 6. The molecule has 0 spiro atoms. The van der Waals surface area contributed by atoms with Crippen LogP contribution in [-0.2, 0) is 4.29 Å². The van der Waals surface area contributed by atoms with E-state index >= 15 is 0 Å². The van der Waals surface area contributed by atoms with Gasteiger partial charge in [0.25, 0.3) is 0 Å². The van der Waals surface area contributed by atoms with Crippen molar-refractivity contribution in [3.63, 3.8) is 0 Å². The Kier molecular flexibility index (Phi) is 6.21. The number of hydrogen-bond acceptors (Lipinski definition) is 2. The lowest BCUT2D eigenvalue weighted by molar-refractivity contribution is -0.636. The maximum absolute atomic E-state index is 5.76. The van der Waals surface area contributed by atoms with Crippen molar-refractivity contribution in [3.8, 4) is 0 Å². The first-order chi connectivity index (χ1) is 8.66. The second-order valence-electron chi connectivity index (χ2n) is 3.30. The molecule has 0 bridgehead atoms. The molecule has 0 fully saturated rings. The SMILES string of the molecule is BrC(Br)(Br)c1ccc([I+]c2ccc(C(Br)(Br)Br)o2)o1. The molecular weight excluding hydrogens is 758 g/mol. The second kappa shape index (κ2) is 6.74. The Bertz CT molecular complexity index is 515. The molecule has 2 aromatic rings. The normalized spacial score (nSPS) is 12.9. The fourth-order valence-electron chi connectivity index (χ4n) is 1.13. The predicted molar refractivity (Wildman–Crippen MR) is 91.7 cm³/mol. The Balaban J connectivity index is 2.14. The Morgan fingerprint density at radius 3 is 1.32 bits per heavy atom. The van der Waals surface area contributed by atoms with Crippen molar-refractivity contribution in [2.45, 2.75) is 4.29 Å². The van der Waals surface area contributed by atoms with Gasteiger partial charge in [0.2, 0.25) is 0 Å². The van der Waals surface area contributed by atoms with E-state index in [1.165, 1.54) is 0 Å². The Morgan fingerprint density at radius 2 is 1.05 bits per heavy atom. The number of furan rings is 2. The molecule has 0 aliphatic heterocycles. The molecule has 0 atom stereocenters. The summed E-state index contributed by atoms with van der Waals surface area (Å²) in [6, 6.07) is 7.77. The van der Waals surface area contributed by atoms with Crippen LogP contribution in [0.3, 0.4) is 0 Å². The Labute approximate surface area is 170 Å². The summed E-state index contributed by atoms with van der Waals surface area (Å²) < 4.78 is 12.4. The summed E-state index contributed by atoms with van der Waals surface area (Å²) in [4.78, 5) is 0. The average Bonchev–Trinajstić information content (AvgIpc) is 2.84. The number of halogens is 7. The van der Waals surface area contributed by atoms with Crippen LogP contribution in [0.4, 0.5) is 0 Å². The minimum atomic E-state index is -0.514. The van der Waals surface area contributed by atoms with E-state index in [-0.39, 0.29) is 0 Å². The maximum Gasteiger partial charge on any atom is 0.442 e. The summed E-state index contributed by atoms with van der Waals surface area (Å²) in [6.07, 6.45) is 0. The van der Waals surface area contributed by atoms with E-state index in [9.17, 15) is 0 Å². The molecule has 104 valence electrons. The molecule has 0 aliphatic rings. The highest BCUT2D eigenvalue weighted by Gasteiger charge is 2.33. The first-order valence-corrected chi connectivity index (χ1v) is 11.6. The standard InChI is InChI=1S/C10H4Br6IO2/c11-9(12,13)5-1-3-7(18-5)17-8-4-2-6(19-8)10(14,15)16/h1-4H/q+1. The van der Waals surface area contributed by atoms with Crippen LogP contribution in [0.1, 0.15) is 11.5 Å². The second-order valence-corrected chi connectivity index (χ2v) is 19.5. The molecule has 0 aromatic carbocycles. The smallest absolute Gasteiger partial charge is 0.420 e. The van der Waals surface area contributed by atoms with Gasteiger partial charge in [0.05, 0.1) is 0 Å². The molecule has 0 aliphatic carbocycles. The Morgan fingerprint density at radius 1 is 0.684 bits per heavy atom. The molecule has 2 nitrogen and oxygen atoms in total. The van der Waals surface area contributed by atoms with E-state index < -0.39 is 25.5 Å². The largest absolute Gasteiger partial charge is 0.442 e. The predicted octanol–water partition coefficient (Wildman–Crippen LogP) is 3.59. The summed E-state index contributed by atoms with van der Waals surface area (Å²) in [5.41, 5.74) is 0. The van der Waals surface area contributed by atoms with E-state index in [1.807, 2.05) is 24.3 Å². The van der Waals surface area contributed by atoms with Crippen molar-refractivity contribution in [1.82, 2.24) is 0 Å². The van der Waals surface area contributed by atoms with Crippen LogP contribution in [0.5, 0.6) is 0 Å². The van der Waals surface area contributed by atoms with Crippen LogP contribution in [0.2, 0.25) is 0 Å². The van der Waals surface area contributed by atoms with Crippen molar-refractivity contribution in [3.05, 3.63) is 43.3 Å². The van der Waals surface area contributed by atoms with Crippen molar-refractivity contribution >= 4 is 95.6 Å². The summed E-state index contributed by atoms with van der Waals surface area (Å²) >= 11 is 20.1. The summed E-state index contributed by atoms with van der Waals surface area (Å²) in [5.74, 6) is 1.54. The van der Waals surface area contributed by atoms with E-state index in [0.717, 1.165) is 19.1 Å². The lowest BCUT2D eigenvalue weighted by atomic mass is 10.5. The first-order valence-electron chi connectivity index (χ1n) is 4.65. The fraction of sp³-hybridized carbons (Fsp3) is 0.200. The van der Waals surface area contributed by atoms with Crippen LogP contribution < -0.4 is 21.2 Å². The monoisotopic (exact) mass is 756 g/mol. The summed E-state index contributed by atoms with van der Waals surface area (Å²) in [7, 11) is 0. The molecule has 2 rings (SSSR count). The molecule has 0 saturated carbocycles. The third-order valence-corrected chi connectivity index (χ3v) is 6.46. The van der Waals surface area contributed by atoms with Gasteiger partial charge in [0, 0.05) is 12.1 Å². The fourth-order valence-corrected chi connectivity index (χ4v) is 4.34. The van der Waals surface area contributed by atoms with Crippen LogP contribution in [0.25, 0.3) is 0 Å². The van der Waals surface area contributed by atoms with Gasteiger partial charge in [-0.2, -0.15) is 0 Å². The third-order valence-electron chi connectivity index (χ3n) is 1.89. The van der Waals surface area contributed by atoms with Gasteiger partial charge in [-0.25, -0.2) is 0 Å². The van der Waals surface area contributed by atoms with E-state index in [2.05, 4.69) is 95.6 Å². The zero-order valence-electron chi connectivity index (χ0n) is 8.77. The van der Waals surface area contributed by atoms with Crippen molar-refractivity contribution in [1.29, 1.82) is 0 Å². The molecular formula is C10H4Br6IO2+. The van der Waals surface area contributed by atoms with Gasteiger partial charge in [-0.15, -0.1) is 0 Å². The Hall–Kier alpha value is 2.17. The minimum absolute atomic E-state index is 0.485. The van der Waals surface area contributed by atoms with Gasteiger partial charge >= 0.3 is 28.7 Å². The number of hydrogen-bond donors (Lipinski definition) is 0. The highest BCUT2D eigenvalue weighted by molar-refractivity contribution is 9.39. The van der Waals surface area contributed by atoms with Crippen LogP contribution in [0.15, 0.2) is 33.1 Å². The summed E-state index contributed by atoms with van der Waals surface area (Å²) in [5, 5.41) is 0. The lowest BCUT2D eigenvalue weighted by Gasteiger charge is -2.05. The molecule has 19 heavy (non-hydrogen) atoms. The lowest BCUT2D eigenvalue weighted by Crippen LogP contribution is -3.61. The summed E-state index contributed by atoms with van der Waals surface area (Å²) in [6.45, 7) is 0. The molecule has 0 unspecified atom stereocenters. The first kappa shape index (κ1) is 17.5. The van der Waals surface area contributed by atoms with Gasteiger partial charge < -0.3 is 8.83 Å². The zero-order chi connectivity index (χ0) is 14.3. The third kappa shape index (κ3) is 5.09. The van der Waals surface area contributed by atoms with E-state index in [4.69, 9.17) is 8.83 Å². The van der Waals surface area contributed by atoms with Crippen LogP contribution in [0, 0.1) is 7.53 Å². The molecule has 2 aromatic heterocycles. The highest BCUT2D eigenvalue weighted by atomic mass is 127. The van der Waals surface area contributed by atoms with E-state index in [1.54, 1.807) is 0 Å². The van der Waals surface area contributed by atoms with Gasteiger partial charge in [0.1, 0.15) is 11.5 Å². The van der Waals surface area contributed by atoms with Gasteiger partial charge in [-0.1, -0.05) is 95.6 Å². The molecule has 2 heterocycles. The molecule has 0 amide bonds. The van der Waals surface area contributed by atoms with Crippen LogP contribution >= 0.6 is 95.6 Å². The van der Waals surface area contributed by atoms with E-state index in [0.29, 0.717) is 0 Å². The van der Waals surface area contributed by atoms with Crippen molar-refractivity contribution in [2.24, 2.45) is 0 Å². The van der Waals surface area contributed by atoms with Gasteiger partial charge in [-0.05, 0) is 12.1 Å². The highest BCUT2D eigenvalue weighted by Crippen LogP contribution is 2.45. The molecule has 9 heteroatoms. The number of rotatable bonds is 2. The minimum Gasteiger partial charge on any atom is -0.420 e. The quantitative estimate of drug-likeness (QED) is 0.346. The van der Waals surface area contributed by atoms with Crippen molar-refractivity contribution in [2.75, 3.05) is 0 Å². The van der Waals surface area contributed by atoms with Gasteiger partial charge in [-0.3, -0.25) is 0 Å². The topological polar surface area (TPSA) is 26.3 Å². The van der Waals surface area contributed by atoms with Gasteiger partial charge in [0.15, 0.2) is 4.29 Å². The molecule has 0 N–H and O–H groups in total. The molecule has 0 radical (unpaired) electrons. The zero-order valence-corrected chi connectivity index (χ0v) is 20.4. The molecule has 0 saturated heterocycles.